The van der Waals surface area contributed by atoms with Crippen LogP contribution in [0, 0.1) is 12.8 Å². The number of rotatable bonds is 2. The van der Waals surface area contributed by atoms with E-state index >= 15 is 0 Å². The quantitative estimate of drug-likeness (QED) is 0.284. The predicted molar refractivity (Wildman–Crippen MR) is 105 cm³/mol. The van der Waals surface area contributed by atoms with Crippen LogP contribution in [0.15, 0.2) is 59.1 Å². The molecule has 0 bridgehead atoms. The fourth-order valence-electron chi connectivity index (χ4n) is 0.940. The van der Waals surface area contributed by atoms with Crippen molar-refractivity contribution in [2.45, 2.75) is 13.8 Å². The van der Waals surface area contributed by atoms with Gasteiger partial charge < -0.3 is 19.8 Å². The van der Waals surface area contributed by atoms with Gasteiger partial charge in [-0.2, -0.15) is 0 Å². The summed E-state index contributed by atoms with van der Waals surface area (Å²) in [6, 6.07) is 0. The first-order valence-electron chi connectivity index (χ1n) is 6.70. The van der Waals surface area contributed by atoms with E-state index in [1.54, 1.807) is 0 Å². The minimum atomic E-state index is -1.08. The van der Waals surface area contributed by atoms with Crippen LogP contribution in [0.2, 0.25) is 0 Å². The van der Waals surface area contributed by atoms with Crippen LogP contribution >= 0.6 is 31.9 Å². The molecule has 4 nitrogen and oxygen atoms in total. The van der Waals surface area contributed by atoms with E-state index in [1.165, 1.54) is 11.1 Å². The molecule has 4 radical (unpaired) electrons. The second kappa shape index (κ2) is 21.3. The summed E-state index contributed by atoms with van der Waals surface area (Å²) >= 11 is 5.30. The van der Waals surface area contributed by atoms with E-state index in [0.29, 0.717) is 0 Å². The van der Waals surface area contributed by atoms with Gasteiger partial charge in [0.1, 0.15) is 0 Å². The summed E-state index contributed by atoms with van der Waals surface area (Å²) in [6.07, 6.45) is 15.8. The third-order valence-corrected chi connectivity index (χ3v) is 2.90. The molecule has 2 aliphatic carbocycles. The third kappa shape index (κ3) is 28.3. The number of carbonyl (C=O) groups is 2. The van der Waals surface area contributed by atoms with Crippen LogP contribution < -0.4 is 10.2 Å². The second-order valence-electron chi connectivity index (χ2n) is 4.17. The van der Waals surface area contributed by atoms with Gasteiger partial charge in [0.2, 0.25) is 0 Å². The van der Waals surface area contributed by atoms with Crippen molar-refractivity contribution in [1.29, 1.82) is 0 Å². The van der Waals surface area contributed by atoms with Crippen molar-refractivity contribution in [3.05, 3.63) is 71.9 Å². The van der Waals surface area contributed by atoms with Gasteiger partial charge in [-0.05, 0) is 38.2 Å². The van der Waals surface area contributed by atoms with Gasteiger partial charge in [0, 0.05) is 23.5 Å². The van der Waals surface area contributed by atoms with Gasteiger partial charge in [-0.15, -0.1) is 11.5 Å². The molecule has 132 valence electrons. The maximum Gasteiger partial charge on any atom is 2.00 e. The molecule has 0 aliphatic heterocycles. The van der Waals surface area contributed by atoms with Gasteiger partial charge in [-0.25, -0.2) is 0 Å². The van der Waals surface area contributed by atoms with Gasteiger partial charge in [0.15, 0.2) is 0 Å². The van der Waals surface area contributed by atoms with Crippen molar-refractivity contribution < 1.29 is 19.8 Å². The van der Waals surface area contributed by atoms with Crippen molar-refractivity contribution >= 4 is 67.7 Å². The van der Waals surface area contributed by atoms with Gasteiger partial charge in [0.05, 0.1) is 11.9 Å². The first kappa shape index (κ1) is 29.0. The van der Waals surface area contributed by atoms with Crippen LogP contribution in [0.4, 0.5) is 0 Å². The van der Waals surface area contributed by atoms with Crippen LogP contribution in [0.3, 0.4) is 0 Å². The van der Waals surface area contributed by atoms with Crippen LogP contribution in [-0.2, 0) is 9.59 Å². The molecule has 25 heavy (non-hydrogen) atoms. The zero-order valence-corrected chi connectivity index (χ0v) is 19.9. The Bertz CT molecular complexity index is 528. The largest absolute Gasteiger partial charge is 2.00 e. The zero-order valence-electron chi connectivity index (χ0n) is 13.9. The smallest absolute Gasteiger partial charge is 0.549 e. The molecule has 0 fully saturated rings. The Labute approximate surface area is 183 Å². The molecule has 0 aromatic rings. The summed E-state index contributed by atoms with van der Waals surface area (Å²) in [6.45, 7) is 4.13. The molecule has 0 spiro atoms. The minimum absolute atomic E-state index is 0. The first-order valence-corrected chi connectivity index (χ1v) is 8.94. The van der Waals surface area contributed by atoms with E-state index < -0.39 is 11.9 Å². The van der Waals surface area contributed by atoms with Gasteiger partial charge in [-0.1, -0.05) is 55.2 Å². The number of carboxylic acid groups (broad SMARTS) is 2. The second-order valence-corrected chi connectivity index (χ2v) is 5.29. The number of carboxylic acids is 2. The van der Waals surface area contributed by atoms with E-state index in [9.17, 15) is 19.8 Å². The Balaban J connectivity index is -0.000000259. The molecule has 0 atom stereocenters. The molecule has 0 saturated carbocycles. The number of aliphatic carboxylic acids is 2. The average Bonchev–Trinajstić information content (AvgIpc) is 2.58. The molecule has 0 amide bonds. The van der Waals surface area contributed by atoms with E-state index in [1.807, 2.05) is 49.3 Å². The topological polar surface area (TPSA) is 80.3 Å². The van der Waals surface area contributed by atoms with Gasteiger partial charge >= 0.3 is 23.9 Å². The molecular weight excluding hydrogens is 559 g/mol. The third-order valence-electron chi connectivity index (χ3n) is 1.99. The number of halogens is 2. The molecule has 2 aliphatic rings. The van der Waals surface area contributed by atoms with Crippen molar-refractivity contribution in [3.63, 3.8) is 0 Å². The minimum Gasteiger partial charge on any atom is -0.549 e. The summed E-state index contributed by atoms with van der Waals surface area (Å²) in [5.74, 6) is -2.16. The number of hydrogen-bond acceptors (Lipinski definition) is 4. The Hall–Kier alpha value is -0.781. The fraction of sp³-hybridized carbons (Fsp3) is 0.222. The summed E-state index contributed by atoms with van der Waals surface area (Å²) in [7, 11) is 0. The molecular formula is C18H18Br2O4Sn. The zero-order chi connectivity index (χ0) is 18.8. The monoisotopic (exact) mass is 576 g/mol. The number of carbonyl (C=O) groups excluding carboxylic acids is 2. The van der Waals surface area contributed by atoms with Crippen LogP contribution in [0.5, 0.6) is 0 Å². The van der Waals surface area contributed by atoms with Gasteiger partial charge in [-0.3, -0.25) is 0 Å². The van der Waals surface area contributed by atoms with E-state index in [4.69, 9.17) is 0 Å². The number of alkyl halides is 2. The molecule has 0 unspecified atom stereocenters. The van der Waals surface area contributed by atoms with E-state index in [-0.39, 0.29) is 34.6 Å². The molecule has 0 saturated heterocycles. The summed E-state index contributed by atoms with van der Waals surface area (Å²) < 4.78 is 0. The van der Waals surface area contributed by atoms with Crippen molar-refractivity contribution in [2.24, 2.45) is 0 Å². The van der Waals surface area contributed by atoms with Crippen molar-refractivity contribution in [2.75, 3.05) is 10.7 Å². The van der Waals surface area contributed by atoms with Crippen LogP contribution in [0.1, 0.15) is 13.8 Å². The van der Waals surface area contributed by atoms with Crippen LogP contribution in [-0.4, -0.2) is 46.5 Å². The van der Waals surface area contributed by atoms with Crippen molar-refractivity contribution in [1.82, 2.24) is 0 Å². The van der Waals surface area contributed by atoms with E-state index in [0.717, 1.165) is 0 Å². The normalized spacial score (nSPS) is 12.5. The fourth-order valence-corrected chi connectivity index (χ4v) is 0.940. The molecule has 2 rings (SSSR count). The predicted octanol–water partition coefficient (Wildman–Crippen LogP) is 1.61. The summed E-state index contributed by atoms with van der Waals surface area (Å²) in [5.41, 5.74) is 8.45. The standard InChI is InChI=1S/2C7H7.2C2H3BrO2.Sn/c2*1-7-5-3-2-4-6-7;2*3-1-2(4)5;/h2*3-6H,1H3;2*1H2,(H,4,5);/q;;;;+2/p-2. The Morgan fingerprint density at radius 2 is 1.12 bits per heavy atom. The SMILES string of the molecule is CC1=CC=C=C[CH]1.CC1=CC=C=C[CH]1.O=C([O-])CBr.O=C([O-])CBr.[Sn+2]. The number of hydrogen-bond donors (Lipinski definition) is 0. The van der Waals surface area contributed by atoms with Crippen molar-refractivity contribution in [3.8, 4) is 0 Å². The summed E-state index contributed by atoms with van der Waals surface area (Å²) in [5, 5.41) is 18.3. The Kier molecular flexibility index (Phi) is 24.7. The Morgan fingerprint density at radius 1 is 0.840 bits per heavy atom. The molecule has 7 heteroatoms. The maximum absolute atomic E-state index is 9.21. The molecule has 0 aromatic carbocycles. The average molecular weight is 577 g/mol. The van der Waals surface area contributed by atoms with Crippen LogP contribution in [0.25, 0.3) is 0 Å². The van der Waals surface area contributed by atoms with E-state index in [2.05, 4.69) is 57.2 Å². The van der Waals surface area contributed by atoms with Gasteiger partial charge in [0.25, 0.3) is 0 Å². The molecule has 0 aromatic heterocycles. The number of allylic oxidation sites excluding steroid dienone is 6. The molecule has 0 heterocycles. The summed E-state index contributed by atoms with van der Waals surface area (Å²) in [4.78, 5) is 18.4. The Morgan fingerprint density at radius 3 is 1.20 bits per heavy atom. The first-order chi connectivity index (χ1) is 11.3. The molecule has 0 N–H and O–H groups in total. The maximum atomic E-state index is 9.21.